The molecule has 0 unspecified atom stereocenters. The number of halogens is 1. The Balaban J connectivity index is 0.00000364. The number of benzene rings is 1. The Kier molecular flexibility index (Phi) is 14.1. The van der Waals surface area contributed by atoms with Crippen LogP contribution in [0.5, 0.6) is 0 Å². The van der Waals surface area contributed by atoms with E-state index in [0.29, 0.717) is 0 Å². The van der Waals surface area contributed by atoms with Crippen LogP contribution in [0.15, 0.2) is 42.7 Å². The van der Waals surface area contributed by atoms with Gasteiger partial charge in [0.2, 0.25) is 0 Å². The summed E-state index contributed by atoms with van der Waals surface area (Å²) in [4.78, 5) is 0. The third kappa shape index (κ3) is 10.7. The molecule has 0 radical (unpaired) electrons. The van der Waals surface area contributed by atoms with E-state index in [2.05, 4.69) is 54.2 Å². The third-order valence-corrected chi connectivity index (χ3v) is 5.52. The maximum atomic E-state index is 2.35. The molecule has 1 aromatic carbocycles. The first-order chi connectivity index (χ1) is 12.9. The Morgan fingerprint density at radius 3 is 1.63 bits per heavy atom. The molecule has 1 aromatic heterocycles. The number of rotatable bonds is 15. The van der Waals surface area contributed by atoms with Crippen molar-refractivity contribution in [1.29, 1.82) is 0 Å². The highest BCUT2D eigenvalue weighted by Gasteiger charge is 2.02. The van der Waals surface area contributed by atoms with Gasteiger partial charge < -0.3 is 12.4 Å². The van der Waals surface area contributed by atoms with Gasteiger partial charge in [0.1, 0.15) is 6.54 Å². The zero-order valence-electron chi connectivity index (χ0n) is 17.5. The number of fused-ring (bicyclic) bond motifs is 1. The van der Waals surface area contributed by atoms with E-state index >= 15 is 0 Å². The molecule has 0 amide bonds. The van der Waals surface area contributed by atoms with E-state index in [1.807, 2.05) is 0 Å². The van der Waals surface area contributed by atoms with Crippen molar-refractivity contribution in [3.63, 3.8) is 0 Å². The number of hydrogen-bond acceptors (Lipinski definition) is 0. The molecule has 1 heterocycles. The molecule has 0 saturated carbocycles. The van der Waals surface area contributed by atoms with Crippen molar-refractivity contribution in [2.45, 2.75) is 103 Å². The lowest BCUT2D eigenvalue weighted by atomic mass is 10.0. The Bertz CT molecular complexity index is 596. The smallest absolute Gasteiger partial charge is 0.176 e. The second-order valence-corrected chi connectivity index (χ2v) is 7.91. The number of aryl methyl sites for hydroxylation is 1. The van der Waals surface area contributed by atoms with Crippen molar-refractivity contribution in [1.82, 2.24) is 0 Å². The van der Waals surface area contributed by atoms with Crippen LogP contribution in [-0.4, -0.2) is 0 Å². The molecular formula is C25H40ClN. The van der Waals surface area contributed by atoms with Gasteiger partial charge in [0.05, 0.1) is 0 Å². The van der Waals surface area contributed by atoms with E-state index in [1.54, 1.807) is 0 Å². The molecule has 0 aliphatic rings. The predicted octanol–water partition coefficient (Wildman–Crippen LogP) is 4.61. The van der Waals surface area contributed by atoms with E-state index in [-0.39, 0.29) is 12.4 Å². The summed E-state index contributed by atoms with van der Waals surface area (Å²) in [5.41, 5.74) is 0. The lowest BCUT2D eigenvalue weighted by Gasteiger charge is -2.03. The summed E-state index contributed by atoms with van der Waals surface area (Å²) >= 11 is 0. The van der Waals surface area contributed by atoms with Gasteiger partial charge in [-0.1, -0.05) is 102 Å². The molecule has 152 valence electrons. The lowest BCUT2D eigenvalue weighted by Crippen LogP contribution is -3.00. The third-order valence-electron chi connectivity index (χ3n) is 5.52. The number of pyridine rings is 1. The molecule has 0 bridgehead atoms. The van der Waals surface area contributed by atoms with E-state index in [1.165, 1.54) is 101 Å². The van der Waals surface area contributed by atoms with Crippen LogP contribution in [0.1, 0.15) is 96.8 Å². The van der Waals surface area contributed by atoms with Crippen molar-refractivity contribution < 1.29 is 17.0 Å². The van der Waals surface area contributed by atoms with Gasteiger partial charge in [0, 0.05) is 17.9 Å². The fraction of sp³-hybridized carbons (Fsp3) is 0.640. The van der Waals surface area contributed by atoms with Crippen LogP contribution in [0.2, 0.25) is 0 Å². The van der Waals surface area contributed by atoms with Crippen LogP contribution >= 0.6 is 0 Å². The van der Waals surface area contributed by atoms with Crippen LogP contribution in [0.25, 0.3) is 10.8 Å². The second kappa shape index (κ2) is 15.9. The predicted molar refractivity (Wildman–Crippen MR) is 114 cm³/mol. The summed E-state index contributed by atoms with van der Waals surface area (Å²) in [6.45, 7) is 3.45. The summed E-state index contributed by atoms with van der Waals surface area (Å²) in [5, 5.41) is 2.69. The normalized spacial score (nSPS) is 10.9. The van der Waals surface area contributed by atoms with Crippen molar-refractivity contribution in [2.75, 3.05) is 0 Å². The second-order valence-electron chi connectivity index (χ2n) is 7.91. The highest BCUT2D eigenvalue weighted by Crippen LogP contribution is 2.13. The first kappa shape index (κ1) is 24.0. The molecule has 2 rings (SSSR count). The Labute approximate surface area is 174 Å². The first-order valence-electron chi connectivity index (χ1n) is 11.3. The maximum Gasteiger partial charge on any atom is 0.176 e. The van der Waals surface area contributed by atoms with Gasteiger partial charge in [-0.15, -0.1) is 0 Å². The molecule has 1 nitrogen and oxygen atoms in total. The molecule has 2 heteroatoms. The summed E-state index contributed by atoms with van der Waals surface area (Å²) in [6.07, 6.45) is 24.5. The number of hydrogen-bond donors (Lipinski definition) is 0. The zero-order valence-corrected chi connectivity index (χ0v) is 18.2. The minimum atomic E-state index is 0. The molecule has 27 heavy (non-hydrogen) atoms. The van der Waals surface area contributed by atoms with E-state index in [0.717, 1.165) is 6.54 Å². The van der Waals surface area contributed by atoms with Crippen molar-refractivity contribution >= 4 is 10.8 Å². The average Bonchev–Trinajstić information content (AvgIpc) is 2.68. The van der Waals surface area contributed by atoms with E-state index in [4.69, 9.17) is 0 Å². The zero-order chi connectivity index (χ0) is 18.3. The van der Waals surface area contributed by atoms with Gasteiger partial charge in [0.15, 0.2) is 12.4 Å². The Morgan fingerprint density at radius 1 is 0.593 bits per heavy atom. The summed E-state index contributed by atoms with van der Waals surface area (Å²) in [6, 6.07) is 10.9. The van der Waals surface area contributed by atoms with Crippen LogP contribution in [-0.2, 0) is 6.54 Å². The largest absolute Gasteiger partial charge is 1.00 e. The standard InChI is InChI=1S/C25H40N.ClH/c1-2-3-4-5-6-7-8-9-10-11-12-13-14-17-21-26-22-20-24-18-15-16-19-25(24)23-26;/h15-16,18-20,22-23H,2-14,17,21H2,1H3;1H/q+1;/p-1. The van der Waals surface area contributed by atoms with E-state index < -0.39 is 0 Å². The number of aromatic nitrogens is 1. The van der Waals surface area contributed by atoms with Crippen LogP contribution in [0.4, 0.5) is 0 Å². The molecule has 2 aromatic rings. The number of unbranched alkanes of at least 4 members (excludes halogenated alkanes) is 13. The number of nitrogens with zero attached hydrogens (tertiary/aromatic N) is 1. The van der Waals surface area contributed by atoms with Crippen molar-refractivity contribution in [3.05, 3.63) is 42.7 Å². The topological polar surface area (TPSA) is 3.88 Å². The van der Waals surface area contributed by atoms with Gasteiger partial charge in [0.25, 0.3) is 0 Å². The molecule has 0 atom stereocenters. The minimum Gasteiger partial charge on any atom is -1.00 e. The Morgan fingerprint density at radius 2 is 1.07 bits per heavy atom. The van der Waals surface area contributed by atoms with Crippen molar-refractivity contribution in [2.24, 2.45) is 0 Å². The van der Waals surface area contributed by atoms with E-state index in [9.17, 15) is 0 Å². The quantitative estimate of drug-likeness (QED) is 0.309. The van der Waals surface area contributed by atoms with Gasteiger partial charge in [-0.2, -0.15) is 0 Å². The fourth-order valence-corrected chi connectivity index (χ4v) is 3.81. The monoisotopic (exact) mass is 389 g/mol. The SMILES string of the molecule is CCCCCCCCCCCCCCCC[n+]1ccc2ccccc2c1.[Cl-]. The minimum absolute atomic E-state index is 0. The molecular weight excluding hydrogens is 350 g/mol. The molecule has 0 saturated heterocycles. The van der Waals surface area contributed by atoms with Gasteiger partial charge >= 0.3 is 0 Å². The lowest BCUT2D eigenvalue weighted by molar-refractivity contribution is -0.696. The van der Waals surface area contributed by atoms with Crippen LogP contribution in [0, 0.1) is 0 Å². The van der Waals surface area contributed by atoms with Gasteiger partial charge in [-0.05, 0) is 17.9 Å². The fourth-order valence-electron chi connectivity index (χ4n) is 3.81. The van der Waals surface area contributed by atoms with Gasteiger partial charge in [-0.3, -0.25) is 0 Å². The molecule has 0 aliphatic carbocycles. The molecule has 0 spiro atoms. The van der Waals surface area contributed by atoms with Gasteiger partial charge in [-0.25, -0.2) is 4.57 Å². The molecule has 0 aliphatic heterocycles. The Hall–Kier alpha value is -1.08. The van der Waals surface area contributed by atoms with Crippen LogP contribution in [0.3, 0.4) is 0 Å². The highest BCUT2D eigenvalue weighted by atomic mass is 35.5. The average molecular weight is 390 g/mol. The van der Waals surface area contributed by atoms with Crippen molar-refractivity contribution in [3.8, 4) is 0 Å². The first-order valence-corrected chi connectivity index (χ1v) is 11.3. The molecule has 0 N–H and O–H groups in total. The summed E-state index contributed by atoms with van der Waals surface area (Å²) in [5.74, 6) is 0. The van der Waals surface area contributed by atoms with Crippen LogP contribution < -0.4 is 17.0 Å². The summed E-state index contributed by atoms with van der Waals surface area (Å²) in [7, 11) is 0. The highest BCUT2D eigenvalue weighted by molar-refractivity contribution is 5.80. The molecule has 0 fully saturated rings. The summed E-state index contributed by atoms with van der Waals surface area (Å²) < 4.78 is 2.35. The maximum absolute atomic E-state index is 2.35.